The van der Waals surface area contributed by atoms with Gasteiger partial charge >= 0.3 is 0 Å². The summed E-state index contributed by atoms with van der Waals surface area (Å²) in [5.41, 5.74) is 1.96. The van der Waals surface area contributed by atoms with E-state index in [1.807, 2.05) is 25.9 Å². The van der Waals surface area contributed by atoms with Crippen LogP contribution in [-0.2, 0) is 12.8 Å². The van der Waals surface area contributed by atoms with Gasteiger partial charge in [0.2, 0.25) is 0 Å². The fraction of sp³-hybridized carbons (Fsp3) is 0.625. The van der Waals surface area contributed by atoms with E-state index in [-0.39, 0.29) is 0 Å². The van der Waals surface area contributed by atoms with E-state index < -0.39 is 5.60 Å². The van der Waals surface area contributed by atoms with Crippen molar-refractivity contribution >= 4 is 0 Å². The molecule has 0 aliphatic carbocycles. The van der Waals surface area contributed by atoms with Crippen LogP contribution in [0, 0.1) is 0 Å². The SMILES string of the molecule is CN(C)CC(C)(O)CNCCc1ccc2c(c1)CCO2. The zero-order valence-corrected chi connectivity index (χ0v) is 12.8. The predicted molar refractivity (Wildman–Crippen MR) is 81.4 cm³/mol. The maximum atomic E-state index is 10.2. The summed E-state index contributed by atoms with van der Waals surface area (Å²) in [4.78, 5) is 2.00. The maximum absolute atomic E-state index is 10.2. The average molecular weight is 278 g/mol. The largest absolute Gasteiger partial charge is 0.493 e. The Labute approximate surface area is 121 Å². The molecule has 20 heavy (non-hydrogen) atoms. The van der Waals surface area contributed by atoms with Crippen LogP contribution in [-0.4, -0.2) is 55.9 Å². The molecule has 1 aliphatic rings. The lowest BCUT2D eigenvalue weighted by Crippen LogP contribution is -2.45. The molecule has 0 saturated carbocycles. The summed E-state index contributed by atoms with van der Waals surface area (Å²) in [5.74, 6) is 1.04. The van der Waals surface area contributed by atoms with Gasteiger partial charge in [0, 0.05) is 19.5 Å². The molecule has 2 N–H and O–H groups in total. The lowest BCUT2D eigenvalue weighted by atomic mass is 10.1. The first-order valence-corrected chi connectivity index (χ1v) is 7.29. The highest BCUT2D eigenvalue weighted by Crippen LogP contribution is 2.25. The van der Waals surface area contributed by atoms with E-state index in [1.165, 1.54) is 11.1 Å². The minimum Gasteiger partial charge on any atom is -0.493 e. The first kappa shape index (κ1) is 15.3. The Bertz CT molecular complexity index is 444. The van der Waals surface area contributed by atoms with Gasteiger partial charge < -0.3 is 20.1 Å². The quantitative estimate of drug-likeness (QED) is 0.732. The smallest absolute Gasteiger partial charge is 0.122 e. The van der Waals surface area contributed by atoms with Crippen molar-refractivity contribution in [1.29, 1.82) is 0 Å². The van der Waals surface area contributed by atoms with Gasteiger partial charge in [-0.2, -0.15) is 0 Å². The van der Waals surface area contributed by atoms with E-state index >= 15 is 0 Å². The molecule has 0 saturated heterocycles. The average Bonchev–Trinajstić information content (AvgIpc) is 2.80. The number of likely N-dealkylation sites (N-methyl/N-ethyl adjacent to an activating group) is 1. The summed E-state index contributed by atoms with van der Waals surface area (Å²) >= 11 is 0. The first-order chi connectivity index (χ1) is 9.46. The lowest BCUT2D eigenvalue weighted by Gasteiger charge is -2.27. The second kappa shape index (κ2) is 6.57. The number of nitrogens with zero attached hydrogens (tertiary/aromatic N) is 1. The lowest BCUT2D eigenvalue weighted by molar-refractivity contribution is 0.0341. The summed E-state index contributed by atoms with van der Waals surface area (Å²) in [6, 6.07) is 6.44. The van der Waals surface area contributed by atoms with Crippen LogP contribution in [0.2, 0.25) is 0 Å². The zero-order chi connectivity index (χ0) is 14.6. The van der Waals surface area contributed by atoms with Gasteiger partial charge in [0.05, 0.1) is 12.2 Å². The fourth-order valence-corrected chi connectivity index (χ4v) is 2.72. The third-order valence-electron chi connectivity index (χ3n) is 3.51. The summed E-state index contributed by atoms with van der Waals surface area (Å²) in [7, 11) is 3.95. The second-order valence-electron chi connectivity index (χ2n) is 6.20. The topological polar surface area (TPSA) is 44.7 Å². The molecule has 0 bridgehead atoms. The molecule has 1 aliphatic heterocycles. The molecule has 4 heteroatoms. The van der Waals surface area contributed by atoms with Gasteiger partial charge in [-0.3, -0.25) is 0 Å². The van der Waals surface area contributed by atoms with Crippen molar-refractivity contribution in [2.24, 2.45) is 0 Å². The number of nitrogens with one attached hydrogen (secondary N) is 1. The van der Waals surface area contributed by atoms with Gasteiger partial charge in [-0.05, 0) is 51.2 Å². The summed E-state index contributed by atoms with van der Waals surface area (Å²) in [5, 5.41) is 13.5. The summed E-state index contributed by atoms with van der Waals surface area (Å²) < 4.78 is 5.51. The summed E-state index contributed by atoms with van der Waals surface area (Å²) in [6.07, 6.45) is 2.00. The van der Waals surface area contributed by atoms with Crippen molar-refractivity contribution in [2.45, 2.75) is 25.4 Å². The highest BCUT2D eigenvalue weighted by Gasteiger charge is 2.20. The van der Waals surface area contributed by atoms with Gasteiger partial charge in [-0.1, -0.05) is 12.1 Å². The molecule has 112 valence electrons. The van der Waals surface area contributed by atoms with Gasteiger partial charge in [-0.25, -0.2) is 0 Å². The highest BCUT2D eigenvalue weighted by atomic mass is 16.5. The molecule has 0 amide bonds. The molecule has 0 fully saturated rings. The molecule has 1 unspecified atom stereocenters. The third kappa shape index (κ3) is 4.47. The van der Waals surface area contributed by atoms with E-state index in [2.05, 4.69) is 23.5 Å². The normalized spacial score (nSPS) is 16.9. The van der Waals surface area contributed by atoms with Crippen molar-refractivity contribution in [2.75, 3.05) is 40.3 Å². The van der Waals surface area contributed by atoms with E-state index in [0.717, 1.165) is 31.7 Å². The molecule has 0 spiro atoms. The number of rotatable bonds is 7. The Morgan fingerprint density at radius 1 is 1.40 bits per heavy atom. The van der Waals surface area contributed by atoms with Crippen LogP contribution in [0.5, 0.6) is 5.75 Å². The molecule has 1 atom stereocenters. The molecule has 0 aromatic heterocycles. The third-order valence-corrected chi connectivity index (χ3v) is 3.51. The van der Waals surface area contributed by atoms with Crippen LogP contribution in [0.3, 0.4) is 0 Å². The number of fused-ring (bicyclic) bond motifs is 1. The molecule has 2 rings (SSSR count). The van der Waals surface area contributed by atoms with E-state index in [4.69, 9.17) is 4.74 Å². The Balaban J connectivity index is 1.73. The van der Waals surface area contributed by atoms with Crippen molar-refractivity contribution in [3.05, 3.63) is 29.3 Å². The number of hydrogen-bond donors (Lipinski definition) is 2. The monoisotopic (exact) mass is 278 g/mol. The van der Waals surface area contributed by atoms with Crippen LogP contribution in [0.25, 0.3) is 0 Å². The summed E-state index contributed by atoms with van der Waals surface area (Å²) in [6.45, 7) is 4.83. The van der Waals surface area contributed by atoms with Crippen LogP contribution >= 0.6 is 0 Å². The Kier molecular flexibility index (Phi) is 5.02. The number of benzene rings is 1. The molecule has 4 nitrogen and oxygen atoms in total. The van der Waals surface area contributed by atoms with Crippen molar-refractivity contribution in [1.82, 2.24) is 10.2 Å². The van der Waals surface area contributed by atoms with Crippen LogP contribution < -0.4 is 10.1 Å². The van der Waals surface area contributed by atoms with Gasteiger partial charge in [-0.15, -0.1) is 0 Å². The molecule has 0 radical (unpaired) electrons. The molecular formula is C16H26N2O2. The first-order valence-electron chi connectivity index (χ1n) is 7.29. The Hall–Kier alpha value is -1.10. The number of ether oxygens (including phenoxy) is 1. The molecule has 1 aromatic rings. The fourth-order valence-electron chi connectivity index (χ4n) is 2.72. The van der Waals surface area contributed by atoms with Crippen molar-refractivity contribution in [3.63, 3.8) is 0 Å². The van der Waals surface area contributed by atoms with Crippen molar-refractivity contribution < 1.29 is 9.84 Å². The van der Waals surface area contributed by atoms with E-state index in [1.54, 1.807) is 0 Å². The Morgan fingerprint density at radius 2 is 2.20 bits per heavy atom. The molecule has 1 aromatic carbocycles. The molecular weight excluding hydrogens is 252 g/mol. The van der Waals surface area contributed by atoms with Crippen molar-refractivity contribution in [3.8, 4) is 5.75 Å². The Morgan fingerprint density at radius 3 is 2.95 bits per heavy atom. The minimum atomic E-state index is -0.685. The van der Waals surface area contributed by atoms with Gasteiger partial charge in [0.1, 0.15) is 5.75 Å². The predicted octanol–water partition coefficient (Wildman–Crippen LogP) is 1.07. The van der Waals surface area contributed by atoms with E-state index in [0.29, 0.717) is 13.1 Å². The number of hydrogen-bond acceptors (Lipinski definition) is 4. The van der Waals surface area contributed by atoms with Gasteiger partial charge in [0.25, 0.3) is 0 Å². The minimum absolute atomic E-state index is 0.610. The van der Waals surface area contributed by atoms with Crippen LogP contribution in [0.15, 0.2) is 18.2 Å². The standard InChI is InChI=1S/C16H26N2O2/c1-16(19,12-18(2)3)11-17-8-6-13-4-5-15-14(10-13)7-9-20-15/h4-5,10,17,19H,6-9,11-12H2,1-3H3. The van der Waals surface area contributed by atoms with E-state index in [9.17, 15) is 5.11 Å². The van der Waals surface area contributed by atoms with Gasteiger partial charge in [0.15, 0.2) is 0 Å². The van der Waals surface area contributed by atoms with Crippen LogP contribution in [0.4, 0.5) is 0 Å². The zero-order valence-electron chi connectivity index (χ0n) is 12.8. The van der Waals surface area contributed by atoms with Crippen LogP contribution in [0.1, 0.15) is 18.1 Å². The highest BCUT2D eigenvalue weighted by molar-refractivity contribution is 5.39. The molecule has 1 heterocycles. The number of aliphatic hydroxyl groups is 1. The maximum Gasteiger partial charge on any atom is 0.122 e. The second-order valence-corrected chi connectivity index (χ2v) is 6.20.